The molecule has 186 valence electrons. The second-order valence-corrected chi connectivity index (χ2v) is 10.4. The van der Waals surface area contributed by atoms with Crippen LogP contribution in [0, 0.1) is 5.82 Å². The van der Waals surface area contributed by atoms with Crippen molar-refractivity contribution in [2.45, 2.75) is 38.9 Å². The molecule has 0 saturated carbocycles. The van der Waals surface area contributed by atoms with Crippen LogP contribution in [0.3, 0.4) is 0 Å². The lowest BCUT2D eigenvalue weighted by molar-refractivity contribution is -0.137. The quantitative estimate of drug-likeness (QED) is 0.299. The third-order valence-electron chi connectivity index (χ3n) is 4.88. The number of pyridine rings is 1. The van der Waals surface area contributed by atoms with E-state index in [2.05, 4.69) is 15.3 Å². The maximum absolute atomic E-state index is 15.1. The maximum atomic E-state index is 15.1. The van der Waals surface area contributed by atoms with Gasteiger partial charge >= 0.3 is 6.18 Å². The van der Waals surface area contributed by atoms with Gasteiger partial charge in [0, 0.05) is 29.6 Å². The summed E-state index contributed by atoms with van der Waals surface area (Å²) in [6.45, 7) is 4.49. The first-order chi connectivity index (χ1) is 15.6. The van der Waals surface area contributed by atoms with Crippen molar-refractivity contribution in [3.8, 4) is 0 Å². The predicted octanol–water partition coefficient (Wildman–Crippen LogP) is 4.56. The fourth-order valence-corrected chi connectivity index (χ4v) is 4.54. The van der Waals surface area contributed by atoms with Gasteiger partial charge in [-0.15, -0.1) is 0 Å². The van der Waals surface area contributed by atoms with E-state index in [0.717, 1.165) is 18.2 Å². The van der Waals surface area contributed by atoms with Gasteiger partial charge in [-0.25, -0.2) is 12.8 Å². The van der Waals surface area contributed by atoms with Gasteiger partial charge in [-0.1, -0.05) is 25.4 Å². The summed E-state index contributed by atoms with van der Waals surface area (Å²) in [6, 6.07) is 3.80. The van der Waals surface area contributed by atoms with Gasteiger partial charge in [0.1, 0.15) is 17.1 Å². The van der Waals surface area contributed by atoms with E-state index >= 15 is 4.39 Å². The van der Waals surface area contributed by atoms with Crippen LogP contribution in [0.5, 0.6) is 0 Å². The van der Waals surface area contributed by atoms with Crippen molar-refractivity contribution in [3.05, 3.63) is 58.1 Å². The number of carbonyl (C=O) groups excluding carboxylic acids is 1. The van der Waals surface area contributed by atoms with Gasteiger partial charge in [0.2, 0.25) is 0 Å². The Balaban J connectivity index is 2.51. The van der Waals surface area contributed by atoms with Gasteiger partial charge in [-0.2, -0.15) is 13.2 Å². The number of hydrogen-bond acceptors (Lipinski definition) is 5. The van der Waals surface area contributed by atoms with E-state index in [9.17, 15) is 26.4 Å². The van der Waals surface area contributed by atoms with E-state index in [0.29, 0.717) is 12.3 Å². The van der Waals surface area contributed by atoms with Crippen LogP contribution in [0.15, 0.2) is 35.5 Å². The number of nitrogens with zero attached hydrogens (tertiary/aromatic N) is 2. The number of rotatable bonds is 8. The lowest BCUT2D eigenvalue weighted by Gasteiger charge is -2.27. The minimum Gasteiger partial charge on any atom is -0.387 e. The molecule has 1 amide bonds. The Morgan fingerprint density at radius 2 is 1.88 bits per heavy atom. The molecule has 1 aromatic heterocycles. The number of nitrogens with two attached hydrogens (primary N) is 1. The van der Waals surface area contributed by atoms with E-state index in [1.54, 1.807) is 6.92 Å². The largest absolute Gasteiger partial charge is 0.417 e. The molecule has 0 fully saturated rings. The Morgan fingerprint density at radius 3 is 2.38 bits per heavy atom. The normalized spacial score (nSPS) is 14.5. The molecule has 1 aromatic carbocycles. The number of sulfone groups is 1. The molecule has 0 aliphatic carbocycles. The topological polar surface area (TPSA) is 115 Å². The Labute approximate surface area is 199 Å². The average Bonchev–Trinajstić information content (AvgIpc) is 2.74. The summed E-state index contributed by atoms with van der Waals surface area (Å²) in [5.74, 6) is -2.57. The molecule has 0 aliphatic heterocycles. The number of alkyl halides is 3. The molecule has 0 saturated heterocycles. The Hall–Kier alpha value is -2.73. The number of nitrogens with one attached hydrogen (secondary N) is 1. The van der Waals surface area contributed by atoms with Gasteiger partial charge in [0.15, 0.2) is 9.84 Å². The highest BCUT2D eigenvalue weighted by Crippen LogP contribution is 2.36. The molecule has 2 rings (SSSR count). The molecular formula is C21H23ClF4N4O3S. The Kier molecular flexibility index (Phi) is 8.30. The molecule has 34 heavy (non-hydrogen) atoms. The number of aliphatic imine (C=N–C) groups is 1. The third kappa shape index (κ3) is 6.66. The minimum absolute atomic E-state index is 0.0431. The number of hydrogen-bond donors (Lipinski definition) is 2. The van der Waals surface area contributed by atoms with Crippen LogP contribution in [0.2, 0.25) is 5.02 Å². The van der Waals surface area contributed by atoms with E-state index in [1.165, 1.54) is 13.8 Å². The lowest BCUT2D eigenvalue weighted by Crippen LogP contribution is -2.34. The Morgan fingerprint density at radius 1 is 1.24 bits per heavy atom. The predicted molar refractivity (Wildman–Crippen MR) is 122 cm³/mol. The molecule has 0 unspecified atom stereocenters. The first-order valence-electron chi connectivity index (χ1n) is 10.0. The summed E-state index contributed by atoms with van der Waals surface area (Å²) in [6.07, 6.45) is -3.84. The number of amidine groups is 1. The van der Waals surface area contributed by atoms with E-state index in [-0.39, 0.29) is 35.0 Å². The van der Waals surface area contributed by atoms with Crippen molar-refractivity contribution < 1.29 is 30.8 Å². The standard InChI is InChI=1S/C21H23ClF4N4O3S/c1-4-17(27)30-20(3,11-34(32,33)5-2)14-8-13(9-15(22)18(14)23)29-19(31)16-7-6-12(10-28-16)21(24,25)26/h6-10H,4-5,11H2,1-3H3,(H2,27,30)(H,29,31)/t20-/m0/s1. The number of benzene rings is 1. The number of amides is 1. The second-order valence-electron chi connectivity index (χ2n) is 7.61. The van der Waals surface area contributed by atoms with Crippen LogP contribution in [0.4, 0.5) is 23.2 Å². The molecule has 0 spiro atoms. The molecule has 3 N–H and O–H groups in total. The summed E-state index contributed by atoms with van der Waals surface area (Å²) < 4.78 is 77.9. The van der Waals surface area contributed by atoms with Crippen LogP contribution in [-0.2, 0) is 21.6 Å². The first-order valence-corrected chi connectivity index (χ1v) is 12.2. The highest BCUT2D eigenvalue weighted by Gasteiger charge is 2.36. The molecule has 0 radical (unpaired) electrons. The zero-order valence-electron chi connectivity index (χ0n) is 18.5. The van der Waals surface area contributed by atoms with Crippen LogP contribution < -0.4 is 11.1 Å². The van der Waals surface area contributed by atoms with E-state index in [1.807, 2.05) is 0 Å². The summed E-state index contributed by atoms with van der Waals surface area (Å²) in [4.78, 5) is 20.2. The molecule has 2 aromatic rings. The van der Waals surface area contributed by atoms with Crippen molar-refractivity contribution in [1.29, 1.82) is 0 Å². The van der Waals surface area contributed by atoms with Gasteiger partial charge in [-0.3, -0.25) is 14.8 Å². The van der Waals surface area contributed by atoms with Crippen molar-refractivity contribution in [1.82, 2.24) is 4.98 Å². The molecule has 0 bridgehead atoms. The van der Waals surface area contributed by atoms with Gasteiger partial charge < -0.3 is 11.1 Å². The highest BCUT2D eigenvalue weighted by atomic mass is 35.5. The molecular weight excluding hydrogens is 500 g/mol. The molecule has 0 aliphatic rings. The third-order valence-corrected chi connectivity index (χ3v) is 7.04. The summed E-state index contributed by atoms with van der Waals surface area (Å²) >= 11 is 6.00. The first kappa shape index (κ1) is 27.5. The molecule has 7 nitrogen and oxygen atoms in total. The smallest absolute Gasteiger partial charge is 0.387 e. The number of carbonyl (C=O) groups is 1. The fraction of sp³-hybridized carbons (Fsp3) is 0.381. The molecule has 1 atom stereocenters. The number of halogens is 5. The maximum Gasteiger partial charge on any atom is 0.417 e. The van der Waals surface area contributed by atoms with Crippen LogP contribution in [0.25, 0.3) is 0 Å². The van der Waals surface area contributed by atoms with Crippen LogP contribution in [0.1, 0.15) is 48.8 Å². The Bertz CT molecular complexity index is 1200. The van der Waals surface area contributed by atoms with E-state index in [4.69, 9.17) is 17.3 Å². The van der Waals surface area contributed by atoms with Gasteiger partial charge in [0.25, 0.3) is 5.91 Å². The number of anilines is 1. The van der Waals surface area contributed by atoms with Crippen LogP contribution in [-0.4, -0.2) is 36.7 Å². The second kappa shape index (κ2) is 10.3. The van der Waals surface area contributed by atoms with Gasteiger partial charge in [-0.05, 0) is 31.2 Å². The van der Waals surface area contributed by atoms with Crippen LogP contribution >= 0.6 is 11.6 Å². The minimum atomic E-state index is -4.62. The summed E-state index contributed by atoms with van der Waals surface area (Å²) in [5.41, 5.74) is 2.51. The zero-order valence-corrected chi connectivity index (χ0v) is 20.1. The van der Waals surface area contributed by atoms with E-state index < -0.39 is 49.6 Å². The average molecular weight is 523 g/mol. The summed E-state index contributed by atoms with van der Waals surface area (Å²) in [5, 5.41) is 1.95. The molecule has 1 heterocycles. The van der Waals surface area contributed by atoms with Crippen molar-refractivity contribution >= 4 is 38.9 Å². The fourth-order valence-electron chi connectivity index (χ4n) is 3.04. The lowest BCUT2D eigenvalue weighted by atomic mass is 9.93. The van der Waals surface area contributed by atoms with Crippen molar-refractivity contribution in [2.24, 2.45) is 10.7 Å². The summed E-state index contributed by atoms with van der Waals surface area (Å²) in [7, 11) is -3.67. The highest BCUT2D eigenvalue weighted by molar-refractivity contribution is 7.91. The zero-order chi connectivity index (χ0) is 25.9. The van der Waals surface area contributed by atoms with Crippen molar-refractivity contribution in [3.63, 3.8) is 0 Å². The van der Waals surface area contributed by atoms with Crippen molar-refractivity contribution in [2.75, 3.05) is 16.8 Å². The molecule has 13 heteroatoms. The number of aromatic nitrogens is 1. The van der Waals surface area contributed by atoms with Gasteiger partial charge in [0.05, 0.1) is 22.2 Å². The monoisotopic (exact) mass is 522 g/mol. The SMILES string of the molecule is CCC(N)=N[C@@](C)(CS(=O)(=O)CC)c1cc(NC(=O)c2ccc(C(F)(F)F)cn2)cc(Cl)c1F.